The molecule has 1 saturated heterocycles. The second-order valence-corrected chi connectivity index (χ2v) is 11.5. The quantitative estimate of drug-likeness (QED) is 0.349. The molecular formula is C22H39N3S2. The third kappa shape index (κ3) is 8.78. The smallest absolute Gasteiger partial charge is 0.0335 e. The molecule has 5 heteroatoms. The topological polar surface area (TPSA) is 27.3 Å². The van der Waals surface area contributed by atoms with Crippen molar-refractivity contribution in [2.45, 2.75) is 62.0 Å². The maximum Gasteiger partial charge on any atom is 0.0335 e. The summed E-state index contributed by atoms with van der Waals surface area (Å²) >= 11 is 9.44. The summed E-state index contributed by atoms with van der Waals surface area (Å²) in [5.41, 5.74) is 1.50. The lowest BCUT2D eigenvalue weighted by molar-refractivity contribution is 0.182. The highest BCUT2D eigenvalue weighted by Gasteiger charge is 2.29. The van der Waals surface area contributed by atoms with Gasteiger partial charge in [-0.2, -0.15) is 25.3 Å². The summed E-state index contributed by atoms with van der Waals surface area (Å²) < 4.78 is -0.00951. The summed E-state index contributed by atoms with van der Waals surface area (Å²) in [7, 11) is 0. The molecule has 154 valence electrons. The van der Waals surface area contributed by atoms with Gasteiger partial charge in [-0.25, -0.2) is 0 Å². The van der Waals surface area contributed by atoms with Crippen LogP contribution >= 0.6 is 25.3 Å². The number of nitrogens with zero attached hydrogens (tertiary/aromatic N) is 1. The number of nitrogens with one attached hydrogen (secondary N) is 2. The van der Waals surface area contributed by atoms with Crippen LogP contribution in [-0.2, 0) is 0 Å². The maximum absolute atomic E-state index is 4.87. The third-order valence-corrected chi connectivity index (χ3v) is 5.87. The Morgan fingerprint density at radius 3 is 2.22 bits per heavy atom. The van der Waals surface area contributed by atoms with E-state index < -0.39 is 0 Å². The van der Waals surface area contributed by atoms with E-state index in [1.165, 1.54) is 31.5 Å². The molecule has 0 bridgehead atoms. The average Bonchev–Trinajstić information content (AvgIpc) is 2.60. The fourth-order valence-electron chi connectivity index (χ4n) is 3.70. The molecule has 0 amide bonds. The van der Waals surface area contributed by atoms with Gasteiger partial charge in [-0.05, 0) is 65.1 Å². The van der Waals surface area contributed by atoms with Crippen LogP contribution in [0.5, 0.6) is 0 Å². The van der Waals surface area contributed by atoms with Crippen molar-refractivity contribution in [2.24, 2.45) is 0 Å². The zero-order chi connectivity index (χ0) is 19.9. The molecule has 2 N–H and O–H groups in total. The van der Waals surface area contributed by atoms with Gasteiger partial charge in [0, 0.05) is 41.7 Å². The molecular weight excluding hydrogens is 370 g/mol. The van der Waals surface area contributed by atoms with Gasteiger partial charge in [-0.1, -0.05) is 30.3 Å². The van der Waals surface area contributed by atoms with Crippen LogP contribution in [0.2, 0.25) is 0 Å². The molecule has 0 saturated carbocycles. The number of rotatable bonds is 10. The van der Waals surface area contributed by atoms with E-state index in [9.17, 15) is 0 Å². The van der Waals surface area contributed by atoms with Crippen LogP contribution < -0.4 is 10.6 Å². The number of piperidine rings is 1. The second-order valence-electron chi connectivity index (χ2n) is 9.14. The first-order valence-corrected chi connectivity index (χ1v) is 11.2. The summed E-state index contributed by atoms with van der Waals surface area (Å²) in [5.74, 6) is 0.714. The van der Waals surface area contributed by atoms with Gasteiger partial charge in [0.2, 0.25) is 0 Å². The Morgan fingerprint density at radius 1 is 1.04 bits per heavy atom. The van der Waals surface area contributed by atoms with Crippen molar-refractivity contribution in [3.63, 3.8) is 0 Å². The van der Waals surface area contributed by atoms with Crippen LogP contribution in [0.3, 0.4) is 0 Å². The highest BCUT2D eigenvalue weighted by atomic mass is 32.1. The van der Waals surface area contributed by atoms with Crippen molar-refractivity contribution in [3.05, 3.63) is 35.9 Å². The predicted octanol–water partition coefficient (Wildman–Crippen LogP) is 3.83. The third-order valence-electron chi connectivity index (χ3n) is 5.40. The molecule has 3 nitrogen and oxygen atoms in total. The molecule has 2 rings (SSSR count). The Bertz CT molecular complexity index is 529. The van der Waals surface area contributed by atoms with Crippen LogP contribution in [0.25, 0.3) is 0 Å². The number of hydrogen-bond acceptors (Lipinski definition) is 5. The van der Waals surface area contributed by atoms with Crippen LogP contribution in [-0.4, -0.2) is 59.7 Å². The predicted molar refractivity (Wildman–Crippen MR) is 126 cm³/mol. The van der Waals surface area contributed by atoms with Gasteiger partial charge in [-0.3, -0.25) is 0 Å². The van der Waals surface area contributed by atoms with Gasteiger partial charge in [-0.15, -0.1) is 0 Å². The largest absolute Gasteiger partial charge is 0.314 e. The van der Waals surface area contributed by atoms with E-state index in [4.69, 9.17) is 12.6 Å². The van der Waals surface area contributed by atoms with Gasteiger partial charge >= 0.3 is 0 Å². The van der Waals surface area contributed by atoms with E-state index in [-0.39, 0.29) is 9.49 Å². The molecule has 1 aromatic rings. The van der Waals surface area contributed by atoms with E-state index in [0.717, 1.165) is 26.2 Å². The minimum Gasteiger partial charge on any atom is -0.314 e. The summed E-state index contributed by atoms with van der Waals surface area (Å²) in [6.07, 6.45) is 2.50. The molecule has 0 aliphatic carbocycles. The van der Waals surface area contributed by atoms with Gasteiger partial charge in [0.1, 0.15) is 0 Å². The Morgan fingerprint density at radius 2 is 1.67 bits per heavy atom. The molecule has 1 aliphatic rings. The van der Waals surface area contributed by atoms with Crippen molar-refractivity contribution in [1.29, 1.82) is 0 Å². The van der Waals surface area contributed by atoms with E-state index in [2.05, 4.69) is 86.2 Å². The van der Waals surface area contributed by atoms with Crippen molar-refractivity contribution in [2.75, 3.05) is 39.3 Å². The fraction of sp³-hybridized carbons (Fsp3) is 0.727. The van der Waals surface area contributed by atoms with Crippen molar-refractivity contribution < 1.29 is 0 Å². The van der Waals surface area contributed by atoms with Crippen molar-refractivity contribution in [3.8, 4) is 0 Å². The van der Waals surface area contributed by atoms with Crippen molar-refractivity contribution >= 4 is 25.3 Å². The highest BCUT2D eigenvalue weighted by Crippen LogP contribution is 2.28. The standard InChI is InChI=1S/C22H39N3S2/c1-21(2,26)17-23-12-13-24-20(22(3,4)27)16-25-14-10-19(11-15-25)18-8-6-5-7-9-18/h5-9,19-20,23-24,26-27H,10-17H2,1-4H3. The number of benzene rings is 1. The van der Waals surface area contributed by atoms with E-state index >= 15 is 0 Å². The Balaban J connectivity index is 1.76. The molecule has 1 unspecified atom stereocenters. The van der Waals surface area contributed by atoms with Gasteiger partial charge in [0.05, 0.1) is 0 Å². The van der Waals surface area contributed by atoms with Crippen molar-refractivity contribution in [1.82, 2.24) is 15.5 Å². The zero-order valence-corrected chi connectivity index (χ0v) is 19.3. The second kappa shape index (κ2) is 10.5. The molecule has 1 fully saturated rings. The summed E-state index contributed by atoms with van der Waals surface area (Å²) in [5, 5.41) is 7.21. The first-order valence-electron chi connectivity index (χ1n) is 10.3. The molecule has 0 aromatic heterocycles. The molecule has 1 atom stereocenters. The summed E-state index contributed by atoms with van der Waals surface area (Å²) in [6, 6.07) is 11.4. The number of likely N-dealkylation sites (tertiary alicyclic amines) is 1. The molecule has 1 aromatic carbocycles. The van der Waals surface area contributed by atoms with Crippen LogP contribution in [0.1, 0.15) is 52.0 Å². The minimum atomic E-state index is -0.0426. The Hall–Kier alpha value is -0.200. The fourth-order valence-corrected chi connectivity index (χ4v) is 3.98. The molecule has 0 spiro atoms. The van der Waals surface area contributed by atoms with E-state index in [0.29, 0.717) is 12.0 Å². The van der Waals surface area contributed by atoms with Crippen LogP contribution in [0, 0.1) is 0 Å². The molecule has 27 heavy (non-hydrogen) atoms. The van der Waals surface area contributed by atoms with Crippen LogP contribution in [0.15, 0.2) is 30.3 Å². The number of hydrogen-bond donors (Lipinski definition) is 4. The lowest BCUT2D eigenvalue weighted by Gasteiger charge is -2.39. The van der Waals surface area contributed by atoms with E-state index in [1.54, 1.807) is 0 Å². The molecule has 1 heterocycles. The van der Waals surface area contributed by atoms with Gasteiger partial charge < -0.3 is 15.5 Å². The molecule has 1 aliphatic heterocycles. The first kappa shape index (κ1) is 23.1. The SMILES string of the molecule is CC(C)(S)CNCCNC(CN1CCC(c2ccccc2)CC1)C(C)(C)S. The summed E-state index contributed by atoms with van der Waals surface area (Å²) in [4.78, 5) is 2.61. The van der Waals surface area contributed by atoms with Gasteiger partial charge in [0.15, 0.2) is 0 Å². The maximum atomic E-state index is 4.87. The van der Waals surface area contributed by atoms with Crippen LogP contribution in [0.4, 0.5) is 0 Å². The number of thiol groups is 2. The minimum absolute atomic E-state index is 0.0330. The lowest BCUT2D eigenvalue weighted by Crippen LogP contribution is -2.53. The highest BCUT2D eigenvalue weighted by molar-refractivity contribution is 7.82. The van der Waals surface area contributed by atoms with Gasteiger partial charge in [0.25, 0.3) is 0 Å². The Kier molecular flexibility index (Phi) is 9.01. The molecule has 0 radical (unpaired) electrons. The first-order chi connectivity index (χ1) is 12.6. The normalized spacial score (nSPS) is 18.6. The summed E-state index contributed by atoms with van der Waals surface area (Å²) in [6.45, 7) is 14.9. The Labute approximate surface area is 177 Å². The van der Waals surface area contributed by atoms with E-state index in [1.807, 2.05) is 0 Å². The average molecular weight is 410 g/mol. The lowest BCUT2D eigenvalue weighted by atomic mass is 9.89. The monoisotopic (exact) mass is 409 g/mol. The zero-order valence-electron chi connectivity index (χ0n) is 17.5.